The summed E-state index contributed by atoms with van der Waals surface area (Å²) in [6.07, 6.45) is 0. The number of rotatable bonds is 4. The Kier molecular flexibility index (Phi) is 5.59. The molecule has 0 saturated heterocycles. The third-order valence-corrected chi connectivity index (χ3v) is 3.59. The summed E-state index contributed by atoms with van der Waals surface area (Å²) < 4.78 is 4.89. The molecule has 1 heterocycles. The van der Waals surface area contributed by atoms with E-state index in [-0.39, 0.29) is 0 Å². The molecule has 1 aromatic heterocycles. The van der Waals surface area contributed by atoms with Crippen molar-refractivity contribution in [1.82, 2.24) is 9.55 Å². The molecule has 1 aromatic carbocycles. The van der Waals surface area contributed by atoms with Crippen LogP contribution in [0.3, 0.4) is 0 Å². The first-order valence-electron chi connectivity index (χ1n) is 5.11. The van der Waals surface area contributed by atoms with Crippen molar-refractivity contribution in [3.63, 3.8) is 0 Å². The van der Waals surface area contributed by atoms with Gasteiger partial charge in [-0.2, -0.15) is 9.22 Å². The van der Waals surface area contributed by atoms with Gasteiger partial charge in [0.1, 0.15) is 0 Å². The minimum atomic E-state index is -1.59. The molecule has 0 aliphatic heterocycles. The molecule has 0 N–H and O–H groups in total. The average molecular weight is 397 g/mol. The summed E-state index contributed by atoms with van der Waals surface area (Å²) in [5, 5.41) is -1.06. The van der Waals surface area contributed by atoms with Gasteiger partial charge in [0.05, 0.1) is 23.1 Å². The second-order valence-corrected chi connectivity index (χ2v) is 7.72. The highest BCUT2D eigenvalue weighted by atomic mass is 35.6. The predicted molar refractivity (Wildman–Crippen MR) is 83.5 cm³/mol. The molecule has 2 aromatic rings. The van der Waals surface area contributed by atoms with E-state index in [1.54, 1.807) is 23.7 Å². The molecule has 0 amide bonds. The minimum absolute atomic E-state index is 0.332. The predicted octanol–water partition coefficient (Wildman–Crippen LogP) is 5.12. The molecule has 0 aliphatic rings. The molecular formula is C10H7Cl5N2O2S. The molecule has 0 saturated carbocycles. The Morgan fingerprint density at radius 2 is 2.00 bits per heavy atom. The molecule has 0 atom stereocenters. The molecule has 0 aliphatic carbocycles. The van der Waals surface area contributed by atoms with E-state index in [9.17, 15) is 0 Å². The van der Waals surface area contributed by atoms with Crippen molar-refractivity contribution in [1.29, 1.82) is 0 Å². The van der Waals surface area contributed by atoms with Crippen LogP contribution >= 0.6 is 70.0 Å². The topological polar surface area (TPSA) is 36.3 Å². The Morgan fingerprint density at radius 3 is 2.60 bits per heavy atom. The second kappa shape index (κ2) is 6.67. The Labute approximate surface area is 144 Å². The molecule has 0 spiro atoms. The van der Waals surface area contributed by atoms with E-state index in [2.05, 4.69) is 9.87 Å². The lowest BCUT2D eigenvalue weighted by atomic mass is 10.3. The second-order valence-electron chi connectivity index (χ2n) is 3.65. The first-order valence-corrected chi connectivity index (χ1v) is 7.85. The number of nitrogens with zero attached hydrogens (tertiary/aromatic N) is 2. The number of imidazole rings is 1. The average Bonchev–Trinajstić information content (AvgIpc) is 2.66. The lowest BCUT2D eigenvalue weighted by Crippen LogP contribution is -2.08. The quantitative estimate of drug-likeness (QED) is 0.311. The maximum atomic E-state index is 5.86. The number of hydrogen-bond donors (Lipinski definition) is 0. The van der Waals surface area contributed by atoms with Gasteiger partial charge in [-0.3, -0.25) is 0 Å². The molecule has 4 nitrogen and oxygen atoms in total. The molecule has 110 valence electrons. The fourth-order valence-electron chi connectivity index (χ4n) is 1.57. The van der Waals surface area contributed by atoms with Crippen molar-refractivity contribution in [2.75, 3.05) is 0 Å². The zero-order valence-corrected chi connectivity index (χ0v) is 14.4. The van der Waals surface area contributed by atoms with Crippen molar-refractivity contribution >= 4 is 81.1 Å². The molecular weight excluding hydrogens is 389 g/mol. The number of hydrogen-bond acceptors (Lipinski definition) is 4. The molecule has 10 heteroatoms. The van der Waals surface area contributed by atoms with E-state index in [1.807, 2.05) is 6.07 Å². The SMILES string of the molecule is Cn1c(C(Cl)(Cl)Cl)nc2cc(SOOC(Cl)Cl)ccc21. The summed E-state index contributed by atoms with van der Waals surface area (Å²) in [6.45, 7) is 0. The zero-order chi connectivity index (χ0) is 14.9. The van der Waals surface area contributed by atoms with E-state index in [0.29, 0.717) is 11.3 Å². The Bertz CT molecular complexity index is 613. The van der Waals surface area contributed by atoms with Crippen LogP contribution in [0.15, 0.2) is 23.1 Å². The van der Waals surface area contributed by atoms with Crippen LogP contribution in [0.1, 0.15) is 5.82 Å². The number of benzene rings is 1. The fourth-order valence-corrected chi connectivity index (χ4v) is 2.72. The van der Waals surface area contributed by atoms with Gasteiger partial charge in [0.15, 0.2) is 5.82 Å². The van der Waals surface area contributed by atoms with Crippen molar-refractivity contribution in [3.05, 3.63) is 24.0 Å². The Hall–Kier alpha value is 0.410. The van der Waals surface area contributed by atoms with Crippen LogP contribution in [-0.2, 0) is 20.1 Å². The highest BCUT2D eigenvalue weighted by Gasteiger charge is 2.29. The summed E-state index contributed by atoms with van der Waals surface area (Å²) in [4.78, 5) is 9.58. The van der Waals surface area contributed by atoms with Crippen molar-refractivity contribution in [2.45, 2.75) is 13.7 Å². The van der Waals surface area contributed by atoms with Crippen LogP contribution in [0.5, 0.6) is 0 Å². The van der Waals surface area contributed by atoms with Crippen LogP contribution in [0, 0.1) is 0 Å². The smallest absolute Gasteiger partial charge is 0.248 e. The first-order chi connectivity index (χ1) is 9.29. The van der Waals surface area contributed by atoms with Crippen LogP contribution in [0.25, 0.3) is 11.0 Å². The van der Waals surface area contributed by atoms with Gasteiger partial charge < -0.3 is 4.57 Å². The van der Waals surface area contributed by atoms with Gasteiger partial charge in [0, 0.05) is 11.9 Å². The van der Waals surface area contributed by atoms with Gasteiger partial charge >= 0.3 is 0 Å². The number of fused-ring (bicyclic) bond motifs is 1. The highest BCUT2D eigenvalue weighted by Crippen LogP contribution is 2.39. The third kappa shape index (κ3) is 3.99. The van der Waals surface area contributed by atoms with E-state index in [0.717, 1.165) is 22.5 Å². The molecule has 2 rings (SSSR count). The molecule has 0 bridgehead atoms. The summed E-state index contributed by atoms with van der Waals surface area (Å²) in [5.41, 5.74) is 1.49. The zero-order valence-electron chi connectivity index (χ0n) is 9.82. The van der Waals surface area contributed by atoms with Crippen molar-refractivity contribution < 1.29 is 9.22 Å². The fraction of sp³-hybridized carbons (Fsp3) is 0.300. The lowest BCUT2D eigenvalue weighted by molar-refractivity contribution is -0.184. The summed E-state index contributed by atoms with van der Waals surface area (Å²) in [6, 6.07) is 5.39. The van der Waals surface area contributed by atoms with Gasteiger partial charge in [0.2, 0.25) is 8.81 Å². The Morgan fingerprint density at radius 1 is 1.30 bits per heavy atom. The third-order valence-electron chi connectivity index (χ3n) is 2.35. The summed E-state index contributed by atoms with van der Waals surface area (Å²) in [5.74, 6) is 0.332. The number of alkyl halides is 5. The molecule has 0 radical (unpaired) electrons. The van der Waals surface area contributed by atoms with Crippen LogP contribution in [-0.4, -0.2) is 14.6 Å². The lowest BCUT2D eigenvalue weighted by Gasteiger charge is -2.09. The van der Waals surface area contributed by atoms with Gasteiger partial charge in [-0.25, -0.2) is 4.98 Å². The molecule has 0 unspecified atom stereocenters. The normalized spacial score (nSPS) is 12.6. The van der Waals surface area contributed by atoms with E-state index in [4.69, 9.17) is 62.3 Å². The van der Waals surface area contributed by atoms with E-state index >= 15 is 0 Å². The Balaban J connectivity index is 2.26. The maximum absolute atomic E-state index is 5.86. The van der Waals surface area contributed by atoms with Crippen LogP contribution in [0.2, 0.25) is 0 Å². The van der Waals surface area contributed by atoms with Gasteiger partial charge in [-0.1, -0.05) is 58.0 Å². The monoisotopic (exact) mass is 394 g/mol. The van der Waals surface area contributed by atoms with Gasteiger partial charge in [-0.15, -0.1) is 0 Å². The number of halogens is 5. The highest BCUT2D eigenvalue weighted by molar-refractivity contribution is 7.94. The summed E-state index contributed by atoms with van der Waals surface area (Å²) in [7, 11) is 1.77. The van der Waals surface area contributed by atoms with Crippen LogP contribution < -0.4 is 0 Å². The standard InChI is InChI=1S/C10H7Cl5N2O2S/c1-17-7-3-2-5(20-19-18-9(11)12)4-6(7)16-8(17)10(13,14)15/h2-4,9H,1H3. The number of aromatic nitrogens is 2. The van der Waals surface area contributed by atoms with Crippen molar-refractivity contribution in [2.24, 2.45) is 7.05 Å². The van der Waals surface area contributed by atoms with Crippen molar-refractivity contribution in [3.8, 4) is 0 Å². The molecule has 0 fully saturated rings. The molecule has 20 heavy (non-hydrogen) atoms. The summed E-state index contributed by atoms with van der Waals surface area (Å²) >= 11 is 29.2. The van der Waals surface area contributed by atoms with Crippen LogP contribution in [0.4, 0.5) is 0 Å². The van der Waals surface area contributed by atoms with Gasteiger partial charge in [-0.05, 0) is 18.2 Å². The maximum Gasteiger partial charge on any atom is 0.248 e. The first kappa shape index (κ1) is 16.8. The largest absolute Gasteiger partial charge is 0.327 e. The number of aryl methyl sites for hydroxylation is 1. The van der Waals surface area contributed by atoms with E-state index < -0.39 is 8.81 Å². The van der Waals surface area contributed by atoms with E-state index in [1.165, 1.54) is 0 Å². The minimum Gasteiger partial charge on any atom is -0.327 e. The van der Waals surface area contributed by atoms with Gasteiger partial charge in [0.25, 0.3) is 0 Å².